The molecular weight excluding hydrogens is 374 g/mol. The molecule has 3 rings (SSSR count). The second-order valence-corrected chi connectivity index (χ2v) is 7.44. The fourth-order valence-electron chi connectivity index (χ4n) is 2.90. The minimum absolute atomic E-state index is 0.0748. The first-order chi connectivity index (χ1) is 13.6. The molecule has 0 bridgehead atoms. The number of amides is 1. The Morgan fingerprint density at radius 3 is 2.64 bits per heavy atom. The number of thioether (sulfide) groups is 1. The van der Waals surface area contributed by atoms with Gasteiger partial charge < -0.3 is 10.1 Å². The van der Waals surface area contributed by atoms with Crippen molar-refractivity contribution in [2.75, 3.05) is 19.5 Å². The molecule has 2 aromatic carbocycles. The number of nitrogens with zero attached hydrogens (tertiary/aromatic N) is 2. The molecule has 6 nitrogen and oxygen atoms in total. The Morgan fingerprint density at radius 1 is 1.18 bits per heavy atom. The van der Waals surface area contributed by atoms with Crippen LogP contribution in [0.2, 0.25) is 0 Å². The Hall–Kier alpha value is -2.64. The zero-order valence-corrected chi connectivity index (χ0v) is 16.7. The zero-order valence-electron chi connectivity index (χ0n) is 15.9. The van der Waals surface area contributed by atoms with Gasteiger partial charge in [-0.1, -0.05) is 54.2 Å². The van der Waals surface area contributed by atoms with E-state index in [0.717, 1.165) is 5.56 Å². The average molecular weight is 398 g/mol. The summed E-state index contributed by atoms with van der Waals surface area (Å²) in [6.45, 7) is 2.73. The third-order valence-corrected chi connectivity index (χ3v) is 5.14. The molecule has 0 aliphatic carbocycles. The molecule has 0 aliphatic rings. The number of methoxy groups -OCH3 is 1. The molecule has 1 aromatic heterocycles. The van der Waals surface area contributed by atoms with Crippen molar-refractivity contribution in [2.24, 2.45) is 0 Å². The third-order valence-electron chi connectivity index (χ3n) is 4.17. The quantitative estimate of drug-likeness (QED) is 0.467. The molecule has 0 saturated carbocycles. The van der Waals surface area contributed by atoms with Crippen LogP contribution in [-0.2, 0) is 16.1 Å². The monoisotopic (exact) mass is 397 g/mol. The van der Waals surface area contributed by atoms with E-state index in [1.54, 1.807) is 17.7 Å². The summed E-state index contributed by atoms with van der Waals surface area (Å²) in [7, 11) is 1.60. The number of carbonyl (C=O) groups excluding carboxylic acids is 1. The van der Waals surface area contributed by atoms with Gasteiger partial charge in [-0.25, -0.2) is 4.98 Å². The highest BCUT2D eigenvalue weighted by molar-refractivity contribution is 7.99. The molecule has 1 N–H and O–H groups in total. The van der Waals surface area contributed by atoms with E-state index in [2.05, 4.69) is 10.3 Å². The number of ether oxygens (including phenoxy) is 1. The Kier molecular flexibility index (Phi) is 6.84. The first-order valence-corrected chi connectivity index (χ1v) is 10.0. The number of para-hydroxylation sites is 1. The van der Waals surface area contributed by atoms with E-state index < -0.39 is 0 Å². The summed E-state index contributed by atoms with van der Waals surface area (Å²) in [5, 5.41) is 3.97. The van der Waals surface area contributed by atoms with Gasteiger partial charge in [-0.3, -0.25) is 14.2 Å². The molecule has 0 fully saturated rings. The summed E-state index contributed by atoms with van der Waals surface area (Å²) < 4.78 is 6.67. The fraction of sp³-hybridized carbons (Fsp3) is 0.286. The van der Waals surface area contributed by atoms with Crippen molar-refractivity contribution < 1.29 is 9.53 Å². The standard InChI is InChI=1S/C21H23N3O3S/c1-15(13-27-2)22-19(25)14-28-21-23-18-11-7-6-10-17(18)20(26)24(21)12-16-8-4-3-5-9-16/h3-11,15H,12-14H2,1-2H3,(H,22,25)/t15-/m1/s1. The first-order valence-electron chi connectivity index (χ1n) is 9.03. The van der Waals surface area contributed by atoms with Crippen molar-refractivity contribution in [2.45, 2.75) is 24.7 Å². The topological polar surface area (TPSA) is 73.2 Å². The van der Waals surface area contributed by atoms with Crippen LogP contribution in [0.4, 0.5) is 0 Å². The van der Waals surface area contributed by atoms with Crippen LogP contribution in [0.1, 0.15) is 12.5 Å². The molecule has 7 heteroatoms. The second kappa shape index (κ2) is 9.52. The maximum absolute atomic E-state index is 13.1. The van der Waals surface area contributed by atoms with Gasteiger partial charge in [0.05, 0.1) is 29.8 Å². The van der Waals surface area contributed by atoms with Crippen molar-refractivity contribution in [3.05, 3.63) is 70.5 Å². The number of fused-ring (bicyclic) bond motifs is 1. The number of hydrogen-bond donors (Lipinski definition) is 1. The van der Waals surface area contributed by atoms with E-state index >= 15 is 0 Å². The van der Waals surface area contributed by atoms with E-state index in [0.29, 0.717) is 29.2 Å². The summed E-state index contributed by atoms with van der Waals surface area (Å²) in [4.78, 5) is 29.9. The Morgan fingerprint density at radius 2 is 1.89 bits per heavy atom. The highest BCUT2D eigenvalue weighted by Gasteiger charge is 2.14. The van der Waals surface area contributed by atoms with Crippen LogP contribution in [0.25, 0.3) is 10.9 Å². The van der Waals surface area contributed by atoms with Crippen molar-refractivity contribution in [1.82, 2.24) is 14.9 Å². The number of carbonyl (C=O) groups is 1. The molecule has 0 aliphatic heterocycles. The molecule has 3 aromatic rings. The van der Waals surface area contributed by atoms with Crippen LogP contribution in [0.5, 0.6) is 0 Å². The van der Waals surface area contributed by atoms with Gasteiger partial charge in [0.25, 0.3) is 5.56 Å². The van der Waals surface area contributed by atoms with Gasteiger partial charge in [-0.2, -0.15) is 0 Å². The lowest BCUT2D eigenvalue weighted by Gasteiger charge is -2.15. The lowest BCUT2D eigenvalue weighted by atomic mass is 10.2. The molecule has 1 amide bonds. The summed E-state index contributed by atoms with van der Waals surface area (Å²) in [6.07, 6.45) is 0. The normalized spacial score (nSPS) is 12.1. The van der Waals surface area contributed by atoms with E-state index in [1.165, 1.54) is 11.8 Å². The predicted molar refractivity (Wildman–Crippen MR) is 112 cm³/mol. The molecule has 0 unspecified atom stereocenters. The lowest BCUT2D eigenvalue weighted by molar-refractivity contribution is -0.119. The maximum Gasteiger partial charge on any atom is 0.262 e. The molecule has 146 valence electrons. The van der Waals surface area contributed by atoms with Gasteiger partial charge >= 0.3 is 0 Å². The van der Waals surface area contributed by atoms with Crippen molar-refractivity contribution in [3.8, 4) is 0 Å². The molecule has 0 radical (unpaired) electrons. The van der Waals surface area contributed by atoms with Gasteiger partial charge in [0.1, 0.15) is 0 Å². The SMILES string of the molecule is COC[C@@H](C)NC(=O)CSc1nc2ccccc2c(=O)n1Cc1ccccc1. The highest BCUT2D eigenvalue weighted by atomic mass is 32.2. The molecular formula is C21H23N3O3S. The Balaban J connectivity index is 1.88. The van der Waals surface area contributed by atoms with Crippen LogP contribution < -0.4 is 10.9 Å². The highest BCUT2D eigenvalue weighted by Crippen LogP contribution is 2.19. The summed E-state index contributed by atoms with van der Waals surface area (Å²) >= 11 is 1.26. The molecule has 0 spiro atoms. The first kappa shape index (κ1) is 20.1. The fourth-order valence-corrected chi connectivity index (χ4v) is 3.71. The molecule has 0 saturated heterocycles. The summed E-state index contributed by atoms with van der Waals surface area (Å²) in [5.74, 6) is 0.0522. The maximum atomic E-state index is 13.1. The van der Waals surface area contributed by atoms with Crippen LogP contribution in [-0.4, -0.2) is 41.0 Å². The van der Waals surface area contributed by atoms with Crippen LogP contribution >= 0.6 is 11.8 Å². The Labute approximate surface area is 167 Å². The largest absolute Gasteiger partial charge is 0.383 e. The number of nitrogens with one attached hydrogen (secondary N) is 1. The summed E-state index contributed by atoms with van der Waals surface area (Å²) in [6, 6.07) is 16.9. The summed E-state index contributed by atoms with van der Waals surface area (Å²) in [5.41, 5.74) is 1.53. The van der Waals surface area contributed by atoms with E-state index in [9.17, 15) is 9.59 Å². The van der Waals surface area contributed by atoms with Gasteiger partial charge in [-0.05, 0) is 24.6 Å². The van der Waals surface area contributed by atoms with Gasteiger partial charge in [0, 0.05) is 13.2 Å². The van der Waals surface area contributed by atoms with Crippen LogP contribution in [0.15, 0.2) is 64.5 Å². The van der Waals surface area contributed by atoms with Gasteiger partial charge in [0.2, 0.25) is 5.91 Å². The number of aromatic nitrogens is 2. The van der Waals surface area contributed by atoms with E-state index in [-0.39, 0.29) is 23.3 Å². The van der Waals surface area contributed by atoms with Crippen molar-refractivity contribution >= 4 is 28.6 Å². The van der Waals surface area contributed by atoms with E-state index in [4.69, 9.17) is 4.74 Å². The third kappa shape index (κ3) is 4.99. The zero-order chi connectivity index (χ0) is 19.9. The number of rotatable bonds is 8. The van der Waals surface area contributed by atoms with Gasteiger partial charge in [0.15, 0.2) is 5.16 Å². The van der Waals surface area contributed by atoms with Crippen LogP contribution in [0.3, 0.4) is 0 Å². The number of benzene rings is 2. The molecule has 1 atom stereocenters. The van der Waals surface area contributed by atoms with Crippen LogP contribution in [0, 0.1) is 0 Å². The second-order valence-electron chi connectivity index (χ2n) is 6.50. The lowest BCUT2D eigenvalue weighted by Crippen LogP contribution is -2.36. The minimum atomic E-state index is -0.122. The smallest absolute Gasteiger partial charge is 0.262 e. The molecule has 1 heterocycles. The number of hydrogen-bond acceptors (Lipinski definition) is 5. The van der Waals surface area contributed by atoms with Crippen molar-refractivity contribution in [1.29, 1.82) is 0 Å². The van der Waals surface area contributed by atoms with Crippen molar-refractivity contribution in [3.63, 3.8) is 0 Å². The minimum Gasteiger partial charge on any atom is -0.383 e. The molecule has 28 heavy (non-hydrogen) atoms. The van der Waals surface area contributed by atoms with Gasteiger partial charge in [-0.15, -0.1) is 0 Å². The van der Waals surface area contributed by atoms with E-state index in [1.807, 2.05) is 55.5 Å². The predicted octanol–water partition coefficient (Wildman–Crippen LogP) is 2.69. The average Bonchev–Trinajstić information content (AvgIpc) is 2.70. The Bertz CT molecular complexity index is 1000.